The van der Waals surface area contributed by atoms with Crippen molar-refractivity contribution in [3.63, 3.8) is 0 Å². The predicted octanol–water partition coefficient (Wildman–Crippen LogP) is 3.34. The SMILES string of the molecule is Cc1nc(Cl)c2ccccc2c1F. The fourth-order valence-electron chi connectivity index (χ4n) is 1.31. The van der Waals surface area contributed by atoms with Gasteiger partial charge in [-0.2, -0.15) is 0 Å². The average molecular weight is 196 g/mol. The van der Waals surface area contributed by atoms with E-state index in [1.165, 1.54) is 0 Å². The highest BCUT2D eigenvalue weighted by Gasteiger charge is 2.08. The summed E-state index contributed by atoms with van der Waals surface area (Å²) in [5, 5.41) is 1.54. The van der Waals surface area contributed by atoms with Crippen LogP contribution in [0.15, 0.2) is 24.3 Å². The molecule has 0 aliphatic heterocycles. The maximum absolute atomic E-state index is 13.5. The minimum Gasteiger partial charge on any atom is -0.238 e. The van der Waals surface area contributed by atoms with Crippen molar-refractivity contribution < 1.29 is 4.39 Å². The lowest BCUT2D eigenvalue weighted by molar-refractivity contribution is 0.622. The first kappa shape index (κ1) is 8.45. The molecule has 0 saturated carbocycles. The number of rotatable bonds is 0. The number of aryl methyl sites for hydroxylation is 1. The summed E-state index contributed by atoms with van der Waals surface area (Å²) < 4.78 is 13.5. The zero-order valence-electron chi connectivity index (χ0n) is 7.01. The Morgan fingerprint density at radius 2 is 1.85 bits per heavy atom. The lowest BCUT2D eigenvalue weighted by atomic mass is 10.1. The van der Waals surface area contributed by atoms with E-state index in [9.17, 15) is 4.39 Å². The second kappa shape index (κ2) is 2.96. The number of pyridine rings is 1. The maximum atomic E-state index is 13.5. The van der Waals surface area contributed by atoms with Gasteiger partial charge >= 0.3 is 0 Å². The molecule has 0 amide bonds. The Morgan fingerprint density at radius 3 is 2.54 bits per heavy atom. The first-order chi connectivity index (χ1) is 6.20. The van der Waals surface area contributed by atoms with Crippen molar-refractivity contribution in [3.05, 3.63) is 40.9 Å². The van der Waals surface area contributed by atoms with E-state index < -0.39 is 0 Å². The van der Waals surface area contributed by atoms with Gasteiger partial charge in [-0.3, -0.25) is 0 Å². The Bertz CT molecular complexity index is 468. The molecule has 0 radical (unpaired) electrons. The van der Waals surface area contributed by atoms with Gasteiger partial charge in [0.25, 0.3) is 0 Å². The predicted molar refractivity (Wildman–Crippen MR) is 51.4 cm³/mol. The maximum Gasteiger partial charge on any atom is 0.152 e. The first-order valence-corrected chi connectivity index (χ1v) is 4.28. The molecule has 0 fully saturated rings. The largest absolute Gasteiger partial charge is 0.238 e. The fraction of sp³-hybridized carbons (Fsp3) is 0.100. The van der Waals surface area contributed by atoms with Crippen molar-refractivity contribution in [1.29, 1.82) is 0 Å². The Hall–Kier alpha value is -1.15. The molecule has 0 unspecified atom stereocenters. The number of nitrogens with zero attached hydrogens (tertiary/aromatic N) is 1. The molecular weight excluding hydrogens is 189 g/mol. The molecule has 0 aliphatic rings. The van der Waals surface area contributed by atoms with E-state index >= 15 is 0 Å². The summed E-state index contributed by atoms with van der Waals surface area (Å²) in [6.07, 6.45) is 0. The van der Waals surface area contributed by atoms with Crippen molar-refractivity contribution in [2.24, 2.45) is 0 Å². The van der Waals surface area contributed by atoms with Crippen LogP contribution < -0.4 is 0 Å². The van der Waals surface area contributed by atoms with Gasteiger partial charge in [-0.1, -0.05) is 35.9 Å². The highest BCUT2D eigenvalue weighted by atomic mass is 35.5. The van der Waals surface area contributed by atoms with Crippen LogP contribution in [0.2, 0.25) is 5.15 Å². The molecule has 1 aromatic heterocycles. The van der Waals surface area contributed by atoms with Crippen LogP contribution in [-0.2, 0) is 0 Å². The van der Waals surface area contributed by atoms with E-state index in [4.69, 9.17) is 11.6 Å². The van der Waals surface area contributed by atoms with Crippen LogP contribution in [0.1, 0.15) is 5.69 Å². The Morgan fingerprint density at radius 1 is 1.23 bits per heavy atom. The Kier molecular flexibility index (Phi) is 1.93. The third-order valence-corrected chi connectivity index (χ3v) is 2.26. The molecule has 0 N–H and O–H groups in total. The number of halogens is 2. The van der Waals surface area contributed by atoms with Crippen LogP contribution in [0.5, 0.6) is 0 Å². The fourth-order valence-corrected chi connectivity index (χ4v) is 1.60. The van der Waals surface area contributed by atoms with Crippen LogP contribution in [0, 0.1) is 12.7 Å². The zero-order valence-corrected chi connectivity index (χ0v) is 7.77. The number of aromatic nitrogens is 1. The highest BCUT2D eigenvalue weighted by Crippen LogP contribution is 2.25. The second-order valence-electron chi connectivity index (χ2n) is 2.85. The number of fused-ring (bicyclic) bond motifs is 1. The van der Waals surface area contributed by atoms with Gasteiger partial charge in [0.2, 0.25) is 0 Å². The van der Waals surface area contributed by atoms with E-state index in [1.54, 1.807) is 25.1 Å². The normalized spacial score (nSPS) is 10.7. The van der Waals surface area contributed by atoms with Gasteiger partial charge in [0.15, 0.2) is 5.82 Å². The summed E-state index contributed by atoms with van der Waals surface area (Å²) in [5.74, 6) is -0.292. The lowest BCUT2D eigenvalue weighted by Gasteiger charge is -2.03. The molecule has 1 heterocycles. The van der Waals surface area contributed by atoms with E-state index in [0.717, 1.165) is 0 Å². The summed E-state index contributed by atoms with van der Waals surface area (Å²) in [6, 6.07) is 7.05. The Labute approximate surface area is 80.2 Å². The molecule has 1 aromatic carbocycles. The summed E-state index contributed by atoms with van der Waals surface area (Å²) in [5.41, 5.74) is 0.337. The van der Waals surface area contributed by atoms with Crippen molar-refractivity contribution >= 4 is 22.4 Å². The van der Waals surface area contributed by atoms with Crippen molar-refractivity contribution in [2.75, 3.05) is 0 Å². The molecule has 2 aromatic rings. The van der Waals surface area contributed by atoms with E-state index in [2.05, 4.69) is 4.98 Å². The van der Waals surface area contributed by atoms with Crippen LogP contribution in [0.25, 0.3) is 10.8 Å². The van der Waals surface area contributed by atoms with Crippen molar-refractivity contribution in [2.45, 2.75) is 6.92 Å². The number of hydrogen-bond donors (Lipinski definition) is 0. The van der Waals surface area contributed by atoms with Crippen LogP contribution in [0.4, 0.5) is 4.39 Å². The minimum absolute atomic E-state index is 0.292. The third-order valence-electron chi connectivity index (χ3n) is 1.97. The molecule has 0 bridgehead atoms. The zero-order chi connectivity index (χ0) is 9.42. The molecule has 0 saturated heterocycles. The van der Waals surface area contributed by atoms with Gasteiger partial charge in [-0.25, -0.2) is 9.37 Å². The van der Waals surface area contributed by atoms with Crippen LogP contribution >= 0.6 is 11.6 Å². The van der Waals surface area contributed by atoms with Crippen molar-refractivity contribution in [3.8, 4) is 0 Å². The highest BCUT2D eigenvalue weighted by molar-refractivity contribution is 6.34. The lowest BCUT2D eigenvalue weighted by Crippen LogP contribution is -1.90. The summed E-state index contributed by atoms with van der Waals surface area (Å²) in [7, 11) is 0. The summed E-state index contributed by atoms with van der Waals surface area (Å²) in [4.78, 5) is 3.89. The quantitative estimate of drug-likeness (QED) is 0.588. The average Bonchev–Trinajstić information content (AvgIpc) is 2.15. The van der Waals surface area contributed by atoms with E-state index in [-0.39, 0.29) is 5.82 Å². The van der Waals surface area contributed by atoms with E-state index in [1.807, 2.05) is 6.07 Å². The van der Waals surface area contributed by atoms with Gasteiger partial charge in [-0.15, -0.1) is 0 Å². The molecule has 2 rings (SSSR count). The third kappa shape index (κ3) is 1.27. The van der Waals surface area contributed by atoms with Gasteiger partial charge in [0.05, 0.1) is 5.69 Å². The molecular formula is C10H7ClFN. The van der Waals surface area contributed by atoms with Crippen LogP contribution in [-0.4, -0.2) is 4.98 Å². The number of hydrogen-bond acceptors (Lipinski definition) is 1. The van der Waals surface area contributed by atoms with Crippen LogP contribution in [0.3, 0.4) is 0 Å². The first-order valence-electron chi connectivity index (χ1n) is 3.90. The molecule has 3 heteroatoms. The summed E-state index contributed by atoms with van der Waals surface area (Å²) in [6.45, 7) is 1.60. The molecule has 0 atom stereocenters. The topological polar surface area (TPSA) is 12.9 Å². The van der Waals surface area contributed by atoms with Gasteiger partial charge in [0, 0.05) is 10.8 Å². The standard InChI is InChI=1S/C10H7ClFN/c1-6-9(12)7-4-2-3-5-8(7)10(11)13-6/h2-5H,1H3. The van der Waals surface area contributed by atoms with E-state index in [0.29, 0.717) is 21.6 Å². The smallest absolute Gasteiger partial charge is 0.152 e. The second-order valence-corrected chi connectivity index (χ2v) is 3.21. The molecule has 1 nitrogen and oxygen atoms in total. The number of benzene rings is 1. The van der Waals surface area contributed by atoms with Gasteiger partial charge < -0.3 is 0 Å². The molecule has 66 valence electrons. The molecule has 0 spiro atoms. The van der Waals surface area contributed by atoms with Crippen molar-refractivity contribution in [1.82, 2.24) is 4.98 Å². The monoisotopic (exact) mass is 195 g/mol. The summed E-state index contributed by atoms with van der Waals surface area (Å²) >= 11 is 5.86. The van der Waals surface area contributed by atoms with Gasteiger partial charge in [0.1, 0.15) is 5.15 Å². The Balaban J connectivity index is 2.97. The van der Waals surface area contributed by atoms with Gasteiger partial charge in [-0.05, 0) is 6.92 Å². The molecule has 13 heavy (non-hydrogen) atoms. The minimum atomic E-state index is -0.292. The molecule has 0 aliphatic carbocycles.